The van der Waals surface area contributed by atoms with Crippen LogP contribution in [0.1, 0.15) is 115 Å². The second-order valence-electron chi connectivity index (χ2n) is 12.2. The van der Waals surface area contributed by atoms with Gasteiger partial charge in [0.15, 0.2) is 6.04 Å². The highest BCUT2D eigenvalue weighted by atomic mass is 16.6. The lowest BCUT2D eigenvalue weighted by Gasteiger charge is -2.36. The third kappa shape index (κ3) is 13.4. The van der Waals surface area contributed by atoms with E-state index in [1.165, 1.54) is 81.8 Å². The Balaban J connectivity index is 1.75. The van der Waals surface area contributed by atoms with Crippen molar-refractivity contribution in [2.75, 3.05) is 20.7 Å². The van der Waals surface area contributed by atoms with Crippen molar-refractivity contribution >= 4 is 5.97 Å². The van der Waals surface area contributed by atoms with E-state index >= 15 is 0 Å². The van der Waals surface area contributed by atoms with Crippen LogP contribution in [0, 0.1) is 0 Å². The molecule has 2 unspecified atom stereocenters. The van der Waals surface area contributed by atoms with Crippen molar-refractivity contribution in [3.8, 4) is 5.75 Å². The summed E-state index contributed by atoms with van der Waals surface area (Å²) in [5, 5.41) is 0. The average molecular weight is 553 g/mol. The maximum atomic E-state index is 13.2. The molecular formula is C36H58NO3+. The quantitative estimate of drug-likeness (QED) is 0.0829. The molecular weight excluding hydrogens is 494 g/mol. The molecule has 0 aromatic heterocycles. The van der Waals surface area contributed by atoms with E-state index in [-0.39, 0.29) is 24.7 Å². The predicted octanol–water partition coefficient (Wildman–Crippen LogP) is 9.30. The molecule has 0 aliphatic carbocycles. The molecule has 4 heteroatoms. The Hall–Kier alpha value is -2.33. The number of rotatable bonds is 22. The van der Waals surface area contributed by atoms with Gasteiger partial charge in [-0.2, -0.15) is 0 Å². The monoisotopic (exact) mass is 552 g/mol. The Morgan fingerprint density at radius 2 is 1.32 bits per heavy atom. The minimum absolute atomic E-state index is 0.132. The number of unbranched alkanes of at least 4 members (excludes halogenated alkanes) is 10. The molecule has 2 rings (SSSR count). The highest BCUT2D eigenvalue weighted by Gasteiger charge is 2.36. The zero-order valence-electron chi connectivity index (χ0n) is 26.3. The van der Waals surface area contributed by atoms with Gasteiger partial charge in [0.2, 0.25) is 0 Å². The van der Waals surface area contributed by atoms with Crippen LogP contribution in [0.15, 0.2) is 54.6 Å². The second kappa shape index (κ2) is 19.7. The summed E-state index contributed by atoms with van der Waals surface area (Å²) in [4.78, 5) is 13.2. The van der Waals surface area contributed by atoms with Gasteiger partial charge in [-0.05, 0) is 37.8 Å². The van der Waals surface area contributed by atoms with E-state index in [2.05, 4.69) is 64.3 Å². The SMILES string of the molecule is CCCCCCCCCCCCCc1ccccc1OC(C)COC(=O)C(CCC)[N+](C)(C)Cc1ccccc1. The summed E-state index contributed by atoms with van der Waals surface area (Å²) in [6, 6.07) is 18.5. The van der Waals surface area contributed by atoms with Gasteiger partial charge >= 0.3 is 5.97 Å². The highest BCUT2D eigenvalue weighted by Crippen LogP contribution is 2.23. The normalized spacial score (nSPS) is 13.1. The number of carbonyl (C=O) groups is 1. The Bertz CT molecular complexity index is 927. The fraction of sp³-hybridized carbons (Fsp3) is 0.639. The van der Waals surface area contributed by atoms with Crippen LogP contribution in [0.3, 0.4) is 0 Å². The van der Waals surface area contributed by atoms with Gasteiger partial charge in [0.1, 0.15) is 25.0 Å². The van der Waals surface area contributed by atoms with E-state index in [1.54, 1.807) is 0 Å². The number of para-hydroxylation sites is 1. The molecule has 2 aromatic carbocycles. The first-order valence-corrected chi connectivity index (χ1v) is 16.1. The van der Waals surface area contributed by atoms with Gasteiger partial charge in [-0.15, -0.1) is 0 Å². The second-order valence-corrected chi connectivity index (χ2v) is 12.2. The van der Waals surface area contributed by atoms with Crippen LogP contribution in [-0.4, -0.2) is 43.3 Å². The smallest absolute Gasteiger partial charge is 0.365 e. The minimum Gasteiger partial charge on any atom is -0.487 e. The van der Waals surface area contributed by atoms with Crippen molar-refractivity contribution in [1.29, 1.82) is 0 Å². The molecule has 224 valence electrons. The van der Waals surface area contributed by atoms with E-state index in [9.17, 15) is 4.79 Å². The maximum Gasteiger partial charge on any atom is 0.365 e. The van der Waals surface area contributed by atoms with Crippen molar-refractivity contribution in [3.05, 3.63) is 65.7 Å². The number of nitrogens with zero attached hydrogens (tertiary/aromatic N) is 1. The van der Waals surface area contributed by atoms with Crippen molar-refractivity contribution < 1.29 is 18.8 Å². The molecule has 0 bridgehead atoms. The lowest BCUT2D eigenvalue weighted by molar-refractivity contribution is -0.920. The van der Waals surface area contributed by atoms with Gasteiger partial charge in [-0.3, -0.25) is 0 Å². The first-order valence-electron chi connectivity index (χ1n) is 16.1. The molecule has 0 fully saturated rings. The predicted molar refractivity (Wildman–Crippen MR) is 169 cm³/mol. The van der Waals surface area contributed by atoms with E-state index in [4.69, 9.17) is 9.47 Å². The standard InChI is InChI=1S/C36H58NO3/c1-6-8-9-10-11-12-13-14-15-16-20-26-33-27-21-22-28-35(33)40-31(3)30-39-36(38)34(23-7-2)37(4,5)29-32-24-18-17-19-25-32/h17-19,21-22,24-25,27-28,31,34H,6-16,20,23,26,29-30H2,1-5H3/q+1. The number of aryl methyl sites for hydroxylation is 1. The number of hydrogen-bond donors (Lipinski definition) is 0. The van der Waals surface area contributed by atoms with Crippen LogP contribution in [0.5, 0.6) is 5.75 Å². The number of likely N-dealkylation sites (N-methyl/N-ethyl adjacent to an activating group) is 1. The summed E-state index contributed by atoms with van der Waals surface area (Å²) in [5.74, 6) is 0.788. The van der Waals surface area contributed by atoms with Gasteiger partial charge in [0.05, 0.1) is 14.1 Å². The van der Waals surface area contributed by atoms with Gasteiger partial charge in [0, 0.05) is 12.0 Å². The molecule has 4 nitrogen and oxygen atoms in total. The van der Waals surface area contributed by atoms with Gasteiger partial charge in [-0.1, -0.05) is 127 Å². The van der Waals surface area contributed by atoms with E-state index in [0.29, 0.717) is 4.48 Å². The van der Waals surface area contributed by atoms with Crippen molar-refractivity contribution in [2.45, 2.75) is 129 Å². The van der Waals surface area contributed by atoms with Crippen molar-refractivity contribution in [3.63, 3.8) is 0 Å². The lowest BCUT2D eigenvalue weighted by Crippen LogP contribution is -2.53. The zero-order valence-corrected chi connectivity index (χ0v) is 26.3. The third-order valence-electron chi connectivity index (χ3n) is 7.92. The first kappa shape index (κ1) is 33.9. The van der Waals surface area contributed by atoms with Crippen LogP contribution in [0.4, 0.5) is 0 Å². The summed E-state index contributed by atoms with van der Waals surface area (Å²) in [7, 11) is 4.25. The lowest BCUT2D eigenvalue weighted by atomic mass is 10.0. The van der Waals surface area contributed by atoms with Crippen LogP contribution < -0.4 is 4.74 Å². The Labute approximate surface area is 246 Å². The maximum absolute atomic E-state index is 13.2. The molecule has 40 heavy (non-hydrogen) atoms. The number of hydrogen-bond acceptors (Lipinski definition) is 3. The molecule has 2 atom stereocenters. The van der Waals surface area contributed by atoms with Gasteiger partial charge in [-0.25, -0.2) is 4.79 Å². The van der Waals surface area contributed by atoms with Crippen LogP contribution in [0.2, 0.25) is 0 Å². The summed E-state index contributed by atoms with van der Waals surface area (Å²) >= 11 is 0. The number of ether oxygens (including phenoxy) is 2. The Morgan fingerprint density at radius 1 is 0.750 bits per heavy atom. The van der Waals surface area contributed by atoms with Gasteiger partial charge < -0.3 is 14.0 Å². The largest absolute Gasteiger partial charge is 0.487 e. The van der Waals surface area contributed by atoms with Crippen LogP contribution in [0.25, 0.3) is 0 Å². The molecule has 0 saturated heterocycles. The summed E-state index contributed by atoms with van der Waals surface area (Å²) in [6.45, 7) is 7.45. The number of benzene rings is 2. The summed E-state index contributed by atoms with van der Waals surface area (Å²) < 4.78 is 12.7. The molecule has 0 radical (unpaired) electrons. The molecule has 0 amide bonds. The van der Waals surface area contributed by atoms with E-state index < -0.39 is 0 Å². The molecule has 0 saturated carbocycles. The van der Waals surface area contributed by atoms with E-state index in [1.807, 2.05) is 25.1 Å². The topological polar surface area (TPSA) is 35.5 Å². The van der Waals surface area contributed by atoms with E-state index in [0.717, 1.165) is 31.6 Å². The number of esters is 1. The number of carbonyl (C=O) groups excluding carboxylic acids is 1. The number of quaternary nitrogens is 1. The molecule has 0 N–H and O–H groups in total. The average Bonchev–Trinajstić information content (AvgIpc) is 2.94. The molecule has 2 aromatic rings. The zero-order chi connectivity index (χ0) is 29.1. The molecule has 0 aliphatic rings. The highest BCUT2D eigenvalue weighted by molar-refractivity contribution is 5.74. The molecule has 0 spiro atoms. The molecule has 0 aliphatic heterocycles. The first-order chi connectivity index (χ1) is 19.4. The third-order valence-corrected chi connectivity index (χ3v) is 7.92. The Morgan fingerprint density at radius 3 is 1.95 bits per heavy atom. The molecule has 0 heterocycles. The minimum atomic E-state index is -0.203. The van der Waals surface area contributed by atoms with Crippen molar-refractivity contribution in [2.24, 2.45) is 0 Å². The summed E-state index contributed by atoms with van der Waals surface area (Å²) in [6.07, 6.45) is 17.4. The fourth-order valence-electron chi connectivity index (χ4n) is 5.54. The fourth-order valence-corrected chi connectivity index (χ4v) is 5.54. The van der Waals surface area contributed by atoms with Crippen LogP contribution >= 0.6 is 0 Å². The van der Waals surface area contributed by atoms with Gasteiger partial charge in [0.25, 0.3) is 0 Å². The Kier molecular flexibility index (Phi) is 16.7. The van der Waals surface area contributed by atoms with Crippen molar-refractivity contribution in [1.82, 2.24) is 0 Å². The van der Waals surface area contributed by atoms with Crippen LogP contribution in [-0.2, 0) is 22.5 Å². The summed E-state index contributed by atoms with van der Waals surface area (Å²) in [5.41, 5.74) is 2.48.